The first-order valence-corrected chi connectivity index (χ1v) is 7.91. The van der Waals surface area contributed by atoms with Crippen molar-refractivity contribution in [1.82, 2.24) is 4.98 Å². The van der Waals surface area contributed by atoms with Gasteiger partial charge in [0.2, 0.25) is 0 Å². The van der Waals surface area contributed by atoms with Crippen LogP contribution in [0.2, 0.25) is 0 Å². The molecule has 0 amide bonds. The lowest BCUT2D eigenvalue weighted by atomic mass is 10.3. The van der Waals surface area contributed by atoms with E-state index in [-0.39, 0.29) is 5.75 Å². The fourth-order valence-electron chi connectivity index (χ4n) is 1.49. The highest BCUT2D eigenvalue weighted by molar-refractivity contribution is 7.91. The number of hydrogen-bond donors (Lipinski definition) is 1. The van der Waals surface area contributed by atoms with Crippen LogP contribution in [0.5, 0.6) is 0 Å². The average molecular weight is 270 g/mol. The minimum Gasteiger partial charge on any atom is -0.362 e. The van der Waals surface area contributed by atoms with Crippen molar-refractivity contribution in [2.45, 2.75) is 18.7 Å². The van der Waals surface area contributed by atoms with Gasteiger partial charge < -0.3 is 5.32 Å². The molecule has 17 heavy (non-hydrogen) atoms. The predicted octanol–water partition coefficient (Wildman–Crippen LogP) is 2.52. The van der Waals surface area contributed by atoms with Gasteiger partial charge in [0, 0.05) is 6.54 Å². The van der Waals surface area contributed by atoms with Crippen molar-refractivity contribution in [2.75, 3.05) is 17.6 Å². The largest absolute Gasteiger partial charge is 0.362 e. The van der Waals surface area contributed by atoms with Gasteiger partial charge in [-0.2, -0.15) is 0 Å². The number of nitrogens with one attached hydrogen (secondary N) is 1. The van der Waals surface area contributed by atoms with E-state index in [2.05, 4.69) is 10.3 Å². The summed E-state index contributed by atoms with van der Waals surface area (Å²) >= 11 is 1.48. The Kier molecular flexibility index (Phi) is 3.35. The summed E-state index contributed by atoms with van der Waals surface area (Å²) in [5.41, 5.74) is 0.834. The number of hydrogen-bond acceptors (Lipinski definition) is 5. The van der Waals surface area contributed by atoms with Gasteiger partial charge in [0.05, 0.1) is 20.9 Å². The quantitative estimate of drug-likeness (QED) is 0.927. The van der Waals surface area contributed by atoms with Gasteiger partial charge in [-0.15, -0.1) is 0 Å². The molecular weight excluding hydrogens is 256 g/mol. The second-order valence-corrected chi connectivity index (χ2v) is 6.89. The van der Waals surface area contributed by atoms with Crippen LogP contribution in [0.3, 0.4) is 0 Å². The molecule has 0 aliphatic rings. The molecule has 2 rings (SSSR count). The number of aromatic nitrogens is 1. The second-order valence-electron chi connectivity index (χ2n) is 3.58. The first-order valence-electron chi connectivity index (χ1n) is 5.44. The molecule has 1 N–H and O–H groups in total. The Morgan fingerprint density at radius 2 is 2.12 bits per heavy atom. The van der Waals surface area contributed by atoms with Crippen molar-refractivity contribution < 1.29 is 8.42 Å². The van der Waals surface area contributed by atoms with Crippen LogP contribution in [-0.4, -0.2) is 25.7 Å². The zero-order valence-electron chi connectivity index (χ0n) is 9.73. The molecule has 0 unspecified atom stereocenters. The Hall–Kier alpha value is -1.14. The second kappa shape index (κ2) is 4.62. The van der Waals surface area contributed by atoms with Gasteiger partial charge in [-0.3, -0.25) is 0 Å². The fourth-order valence-corrected chi connectivity index (χ4v) is 3.45. The van der Waals surface area contributed by atoms with Crippen molar-refractivity contribution in [3.05, 3.63) is 18.2 Å². The van der Waals surface area contributed by atoms with E-state index < -0.39 is 9.84 Å². The number of sulfone groups is 1. The molecule has 2 aromatic rings. The van der Waals surface area contributed by atoms with Gasteiger partial charge in [0.25, 0.3) is 0 Å². The molecule has 6 heteroatoms. The van der Waals surface area contributed by atoms with Crippen molar-refractivity contribution in [3.63, 3.8) is 0 Å². The molecule has 0 fully saturated rings. The molecule has 0 atom stereocenters. The molecule has 92 valence electrons. The smallest absolute Gasteiger partial charge is 0.183 e. The molecule has 0 aliphatic carbocycles. The van der Waals surface area contributed by atoms with Crippen molar-refractivity contribution in [3.8, 4) is 0 Å². The lowest BCUT2D eigenvalue weighted by Crippen LogP contribution is -2.02. The van der Waals surface area contributed by atoms with Gasteiger partial charge in [0.1, 0.15) is 0 Å². The first kappa shape index (κ1) is 12.3. The van der Waals surface area contributed by atoms with Crippen LogP contribution < -0.4 is 5.32 Å². The number of rotatable bonds is 4. The van der Waals surface area contributed by atoms with Crippen LogP contribution in [0.4, 0.5) is 5.13 Å². The van der Waals surface area contributed by atoms with E-state index in [1.165, 1.54) is 11.3 Å². The molecule has 0 spiro atoms. The van der Waals surface area contributed by atoms with Crippen molar-refractivity contribution >= 4 is 36.5 Å². The highest BCUT2D eigenvalue weighted by Gasteiger charge is 2.13. The highest BCUT2D eigenvalue weighted by atomic mass is 32.2. The molecule has 1 aromatic heterocycles. The lowest BCUT2D eigenvalue weighted by molar-refractivity contribution is 0.597. The predicted molar refractivity (Wildman–Crippen MR) is 71.5 cm³/mol. The zero-order chi connectivity index (χ0) is 12.5. The summed E-state index contributed by atoms with van der Waals surface area (Å²) in [6, 6.07) is 5.08. The van der Waals surface area contributed by atoms with Crippen LogP contribution in [0.1, 0.15) is 13.8 Å². The summed E-state index contributed by atoms with van der Waals surface area (Å²) in [6.45, 7) is 4.45. The van der Waals surface area contributed by atoms with Crippen LogP contribution in [0.15, 0.2) is 23.1 Å². The molecule has 0 aliphatic heterocycles. The summed E-state index contributed by atoms with van der Waals surface area (Å²) in [5, 5.41) is 3.95. The Morgan fingerprint density at radius 1 is 1.35 bits per heavy atom. The minimum atomic E-state index is -3.13. The molecule has 0 saturated carbocycles. The molecule has 1 aromatic carbocycles. The van der Waals surface area contributed by atoms with Crippen LogP contribution in [-0.2, 0) is 9.84 Å². The van der Waals surface area contributed by atoms with Gasteiger partial charge in [-0.1, -0.05) is 18.3 Å². The third-order valence-electron chi connectivity index (χ3n) is 2.43. The van der Waals surface area contributed by atoms with E-state index in [0.29, 0.717) is 4.90 Å². The third kappa shape index (κ3) is 2.42. The van der Waals surface area contributed by atoms with E-state index >= 15 is 0 Å². The summed E-state index contributed by atoms with van der Waals surface area (Å²) in [6.07, 6.45) is 0. The van der Waals surface area contributed by atoms with Crippen LogP contribution in [0.25, 0.3) is 10.2 Å². The molecular formula is C11H14N2O2S2. The minimum absolute atomic E-state index is 0.122. The van der Waals surface area contributed by atoms with E-state index in [0.717, 1.165) is 21.9 Å². The number of anilines is 1. The summed E-state index contributed by atoms with van der Waals surface area (Å²) < 4.78 is 24.4. The van der Waals surface area contributed by atoms with Gasteiger partial charge in [0.15, 0.2) is 15.0 Å². The maximum atomic E-state index is 11.7. The molecule has 0 radical (unpaired) electrons. The standard InChI is InChI=1S/C11H14N2O2S2/c1-3-12-11-13-9-6-5-8(7-10(9)16-11)17(14,15)4-2/h5-7H,3-4H2,1-2H3,(H,12,13). The molecule has 0 bridgehead atoms. The van der Waals surface area contributed by atoms with E-state index in [9.17, 15) is 8.42 Å². The summed E-state index contributed by atoms with van der Waals surface area (Å²) in [4.78, 5) is 4.74. The molecule has 1 heterocycles. The number of fused-ring (bicyclic) bond motifs is 1. The Bertz CT molecular complexity index is 632. The number of nitrogens with zero attached hydrogens (tertiary/aromatic N) is 1. The molecule has 4 nitrogen and oxygen atoms in total. The van der Waals surface area contributed by atoms with Crippen molar-refractivity contribution in [1.29, 1.82) is 0 Å². The van der Waals surface area contributed by atoms with Crippen LogP contribution >= 0.6 is 11.3 Å². The monoisotopic (exact) mass is 270 g/mol. The summed E-state index contributed by atoms with van der Waals surface area (Å²) in [7, 11) is -3.13. The first-order chi connectivity index (χ1) is 8.06. The fraction of sp³-hybridized carbons (Fsp3) is 0.364. The zero-order valence-corrected chi connectivity index (χ0v) is 11.4. The Balaban J connectivity index is 2.50. The lowest BCUT2D eigenvalue weighted by Gasteiger charge is -1.99. The molecule has 0 saturated heterocycles. The Morgan fingerprint density at radius 3 is 2.76 bits per heavy atom. The maximum absolute atomic E-state index is 11.7. The topological polar surface area (TPSA) is 59.1 Å². The Labute approximate surface area is 105 Å². The summed E-state index contributed by atoms with van der Waals surface area (Å²) in [5.74, 6) is 0.122. The SMILES string of the molecule is CCNc1nc2ccc(S(=O)(=O)CC)cc2s1. The van der Waals surface area contributed by atoms with Gasteiger partial charge in [-0.25, -0.2) is 13.4 Å². The number of benzene rings is 1. The van der Waals surface area contributed by atoms with E-state index in [1.807, 2.05) is 6.92 Å². The average Bonchev–Trinajstić information content (AvgIpc) is 2.70. The van der Waals surface area contributed by atoms with E-state index in [1.54, 1.807) is 25.1 Å². The van der Waals surface area contributed by atoms with E-state index in [4.69, 9.17) is 0 Å². The van der Waals surface area contributed by atoms with Gasteiger partial charge in [-0.05, 0) is 25.1 Å². The van der Waals surface area contributed by atoms with Gasteiger partial charge >= 0.3 is 0 Å². The normalized spacial score (nSPS) is 11.9. The van der Waals surface area contributed by atoms with Crippen LogP contribution in [0, 0.1) is 0 Å². The maximum Gasteiger partial charge on any atom is 0.183 e. The highest BCUT2D eigenvalue weighted by Crippen LogP contribution is 2.28. The third-order valence-corrected chi connectivity index (χ3v) is 5.14. The number of thiazole rings is 1. The van der Waals surface area contributed by atoms with Crippen molar-refractivity contribution in [2.24, 2.45) is 0 Å².